The minimum Gasteiger partial charge on any atom is -0.395 e. The van der Waals surface area contributed by atoms with Crippen molar-refractivity contribution in [2.24, 2.45) is 0 Å². The molecule has 0 atom stereocenters. The standard InChI is InChI=1S/C16H10N4O4S/c21-15(13-4-5-14(24-13)20(22)23)17-11-3-1-2-10(8-11)12-9-19-6-7-25-16(19)18-12/h1-9H,(H,17,21). The monoisotopic (exact) mass is 354 g/mol. The number of thiazole rings is 1. The number of carbonyl (C=O) groups excluding carboxylic acids is 1. The number of anilines is 1. The van der Waals surface area contributed by atoms with Gasteiger partial charge in [0.2, 0.25) is 0 Å². The maximum Gasteiger partial charge on any atom is 0.433 e. The fourth-order valence-electron chi connectivity index (χ4n) is 2.36. The summed E-state index contributed by atoms with van der Waals surface area (Å²) >= 11 is 1.53. The number of fused-ring (bicyclic) bond motifs is 1. The number of imidazole rings is 1. The van der Waals surface area contributed by atoms with Gasteiger partial charge in [0.15, 0.2) is 10.7 Å². The van der Waals surface area contributed by atoms with Gasteiger partial charge < -0.3 is 9.73 Å². The highest BCUT2D eigenvalue weighted by Crippen LogP contribution is 2.24. The van der Waals surface area contributed by atoms with Gasteiger partial charge in [-0.25, -0.2) is 4.98 Å². The summed E-state index contributed by atoms with van der Waals surface area (Å²) < 4.78 is 6.82. The molecule has 124 valence electrons. The van der Waals surface area contributed by atoms with E-state index in [1.165, 1.54) is 17.4 Å². The number of hydrogen-bond acceptors (Lipinski definition) is 6. The van der Waals surface area contributed by atoms with E-state index in [9.17, 15) is 14.9 Å². The van der Waals surface area contributed by atoms with E-state index in [-0.39, 0.29) is 5.76 Å². The van der Waals surface area contributed by atoms with E-state index in [4.69, 9.17) is 4.42 Å². The highest BCUT2D eigenvalue weighted by Gasteiger charge is 2.17. The summed E-state index contributed by atoms with van der Waals surface area (Å²) in [5.74, 6) is -1.16. The molecule has 0 saturated carbocycles. The van der Waals surface area contributed by atoms with E-state index in [1.807, 2.05) is 28.2 Å². The van der Waals surface area contributed by atoms with Gasteiger partial charge in [0.25, 0.3) is 5.91 Å². The Labute approximate surface area is 144 Å². The second-order valence-electron chi connectivity index (χ2n) is 5.15. The maximum absolute atomic E-state index is 12.2. The number of rotatable bonds is 4. The van der Waals surface area contributed by atoms with Crippen LogP contribution in [0.25, 0.3) is 16.2 Å². The first kappa shape index (κ1) is 15.1. The van der Waals surface area contributed by atoms with E-state index in [2.05, 4.69) is 10.3 Å². The van der Waals surface area contributed by atoms with Crippen LogP contribution in [0.15, 0.2) is 58.6 Å². The molecular weight excluding hydrogens is 344 g/mol. The van der Waals surface area contributed by atoms with Crippen molar-refractivity contribution in [2.75, 3.05) is 5.32 Å². The number of carbonyl (C=O) groups is 1. The van der Waals surface area contributed by atoms with Crippen LogP contribution in [0, 0.1) is 10.1 Å². The fraction of sp³-hybridized carbons (Fsp3) is 0. The molecule has 8 nitrogen and oxygen atoms in total. The zero-order valence-electron chi connectivity index (χ0n) is 12.6. The van der Waals surface area contributed by atoms with Crippen molar-refractivity contribution in [1.29, 1.82) is 0 Å². The van der Waals surface area contributed by atoms with Gasteiger partial charge >= 0.3 is 5.88 Å². The van der Waals surface area contributed by atoms with Gasteiger partial charge in [-0.2, -0.15) is 0 Å². The predicted molar refractivity (Wildman–Crippen MR) is 91.8 cm³/mol. The zero-order valence-corrected chi connectivity index (χ0v) is 13.4. The van der Waals surface area contributed by atoms with Crippen LogP contribution in [0.5, 0.6) is 0 Å². The third-order valence-electron chi connectivity index (χ3n) is 3.51. The smallest absolute Gasteiger partial charge is 0.395 e. The second kappa shape index (κ2) is 5.87. The van der Waals surface area contributed by atoms with E-state index < -0.39 is 16.7 Å². The number of nitro groups is 1. The molecule has 0 fully saturated rings. The lowest BCUT2D eigenvalue weighted by Gasteiger charge is -2.04. The third kappa shape index (κ3) is 2.88. The molecule has 1 amide bonds. The number of aromatic nitrogens is 2. The Bertz CT molecular complexity index is 1070. The van der Waals surface area contributed by atoms with Crippen LogP contribution in [-0.4, -0.2) is 20.2 Å². The Balaban J connectivity index is 1.57. The molecule has 3 aromatic heterocycles. The van der Waals surface area contributed by atoms with E-state index in [0.29, 0.717) is 5.69 Å². The summed E-state index contributed by atoms with van der Waals surface area (Å²) in [5.41, 5.74) is 2.17. The first-order valence-corrected chi connectivity index (χ1v) is 8.06. The molecule has 0 spiro atoms. The quantitative estimate of drug-likeness (QED) is 0.443. The molecule has 0 bridgehead atoms. The van der Waals surface area contributed by atoms with Gasteiger partial charge in [-0.1, -0.05) is 12.1 Å². The van der Waals surface area contributed by atoms with Crippen molar-refractivity contribution in [3.8, 4) is 11.3 Å². The van der Waals surface area contributed by atoms with E-state index in [1.54, 1.807) is 18.2 Å². The normalized spacial score (nSPS) is 10.9. The van der Waals surface area contributed by atoms with Crippen molar-refractivity contribution in [3.05, 3.63) is 70.0 Å². The predicted octanol–water partition coefficient (Wildman–Crippen LogP) is 3.82. The number of hydrogen-bond donors (Lipinski definition) is 1. The maximum atomic E-state index is 12.2. The van der Waals surface area contributed by atoms with Crippen molar-refractivity contribution in [1.82, 2.24) is 9.38 Å². The molecule has 1 aromatic carbocycles. The topological polar surface area (TPSA) is 103 Å². The van der Waals surface area contributed by atoms with Gasteiger partial charge in [-0.3, -0.25) is 19.3 Å². The van der Waals surface area contributed by atoms with Crippen molar-refractivity contribution in [3.63, 3.8) is 0 Å². The minimum atomic E-state index is -0.693. The number of nitrogens with one attached hydrogen (secondary N) is 1. The first-order chi connectivity index (χ1) is 12.1. The van der Waals surface area contributed by atoms with E-state index in [0.717, 1.165) is 22.3 Å². The Hall–Kier alpha value is -3.46. The van der Waals surface area contributed by atoms with Gasteiger partial charge in [-0.05, 0) is 18.2 Å². The molecule has 0 aliphatic rings. The average molecular weight is 354 g/mol. The van der Waals surface area contributed by atoms with Gasteiger partial charge in [0.05, 0.1) is 11.8 Å². The van der Waals surface area contributed by atoms with Gasteiger partial charge in [-0.15, -0.1) is 11.3 Å². The minimum absolute atomic E-state index is 0.125. The molecule has 25 heavy (non-hydrogen) atoms. The largest absolute Gasteiger partial charge is 0.433 e. The van der Waals surface area contributed by atoms with Crippen LogP contribution < -0.4 is 5.32 Å². The van der Waals surface area contributed by atoms with Crippen LogP contribution in [0.3, 0.4) is 0 Å². The summed E-state index contributed by atoms with van der Waals surface area (Å²) in [7, 11) is 0. The summed E-state index contributed by atoms with van der Waals surface area (Å²) in [6, 6.07) is 9.59. The average Bonchev–Trinajstić information content (AvgIpc) is 3.30. The summed E-state index contributed by atoms with van der Waals surface area (Å²) in [5, 5.41) is 15.2. The summed E-state index contributed by atoms with van der Waals surface area (Å²) in [6.07, 6.45) is 3.83. The SMILES string of the molecule is O=C(Nc1cccc(-c2cn3ccsc3n2)c1)c1ccc([N+](=O)[O-])o1. The lowest BCUT2D eigenvalue weighted by molar-refractivity contribution is -0.402. The number of amides is 1. The highest BCUT2D eigenvalue weighted by atomic mass is 32.1. The van der Waals surface area contributed by atoms with Crippen LogP contribution in [0.1, 0.15) is 10.6 Å². The van der Waals surface area contributed by atoms with Crippen LogP contribution in [-0.2, 0) is 0 Å². The van der Waals surface area contributed by atoms with Crippen LogP contribution >= 0.6 is 11.3 Å². The van der Waals surface area contributed by atoms with Gasteiger partial charge in [0.1, 0.15) is 4.92 Å². The molecule has 0 unspecified atom stereocenters. The summed E-state index contributed by atoms with van der Waals surface area (Å²) in [6.45, 7) is 0. The van der Waals surface area contributed by atoms with Crippen molar-refractivity contribution < 1.29 is 14.1 Å². The Morgan fingerprint density at radius 1 is 1.32 bits per heavy atom. The Morgan fingerprint density at radius 3 is 2.96 bits per heavy atom. The number of furan rings is 1. The van der Waals surface area contributed by atoms with Crippen LogP contribution in [0.2, 0.25) is 0 Å². The first-order valence-electron chi connectivity index (χ1n) is 7.18. The van der Waals surface area contributed by atoms with Crippen molar-refractivity contribution in [2.45, 2.75) is 0 Å². The Kier molecular flexibility index (Phi) is 3.55. The number of nitrogens with zero attached hydrogens (tertiary/aromatic N) is 3. The zero-order chi connectivity index (χ0) is 17.4. The molecule has 3 heterocycles. The lowest BCUT2D eigenvalue weighted by atomic mass is 10.1. The molecule has 0 radical (unpaired) electrons. The molecule has 1 N–H and O–H groups in total. The molecular formula is C16H10N4O4S. The molecule has 9 heteroatoms. The third-order valence-corrected chi connectivity index (χ3v) is 4.28. The van der Waals surface area contributed by atoms with Crippen LogP contribution in [0.4, 0.5) is 11.6 Å². The lowest BCUT2D eigenvalue weighted by Crippen LogP contribution is -2.10. The molecule has 4 aromatic rings. The molecule has 4 rings (SSSR count). The van der Waals surface area contributed by atoms with Gasteiger partial charge in [0, 0.05) is 29.0 Å². The summed E-state index contributed by atoms with van der Waals surface area (Å²) in [4.78, 5) is 27.5. The molecule has 0 aliphatic carbocycles. The second-order valence-corrected chi connectivity index (χ2v) is 6.02. The molecule has 0 aliphatic heterocycles. The van der Waals surface area contributed by atoms with E-state index >= 15 is 0 Å². The highest BCUT2D eigenvalue weighted by molar-refractivity contribution is 7.15. The fourth-order valence-corrected chi connectivity index (χ4v) is 3.06. The molecule has 0 saturated heterocycles. The number of benzene rings is 1. The Morgan fingerprint density at radius 2 is 2.20 bits per heavy atom. The van der Waals surface area contributed by atoms with Crippen molar-refractivity contribution >= 4 is 33.8 Å².